The maximum absolute atomic E-state index is 5.99. The first-order valence-electron chi connectivity index (χ1n) is 5.97. The summed E-state index contributed by atoms with van der Waals surface area (Å²) in [6.07, 6.45) is 2.40. The van der Waals surface area contributed by atoms with Crippen LogP contribution in [0.2, 0.25) is 0 Å². The molecule has 1 fully saturated rings. The fraction of sp³-hybridized carbons (Fsp3) is 0.538. The third-order valence-corrected chi connectivity index (χ3v) is 3.37. The predicted molar refractivity (Wildman–Crippen MR) is 69.7 cm³/mol. The van der Waals surface area contributed by atoms with Crippen molar-refractivity contribution in [3.8, 4) is 0 Å². The van der Waals surface area contributed by atoms with Crippen LogP contribution in [0.3, 0.4) is 0 Å². The number of nitrogens with two attached hydrogens (primary N) is 1. The van der Waals surface area contributed by atoms with Crippen molar-refractivity contribution < 1.29 is 0 Å². The van der Waals surface area contributed by atoms with Crippen LogP contribution in [-0.4, -0.2) is 31.1 Å². The fourth-order valence-corrected chi connectivity index (χ4v) is 2.24. The molecule has 1 aliphatic heterocycles. The summed E-state index contributed by atoms with van der Waals surface area (Å²) in [5.74, 6) is 0. The Kier molecular flexibility index (Phi) is 3.34. The third-order valence-electron chi connectivity index (χ3n) is 3.37. The van der Waals surface area contributed by atoms with Crippen LogP contribution in [0, 0.1) is 6.92 Å². The van der Waals surface area contributed by atoms with Gasteiger partial charge >= 0.3 is 0 Å². The normalized spacial score (nSPS) is 18.6. The lowest BCUT2D eigenvalue weighted by atomic mass is 10.0. The minimum absolute atomic E-state index is 0.569. The Balaban J connectivity index is 2.04. The highest BCUT2D eigenvalue weighted by Gasteiger charge is 2.17. The van der Waals surface area contributed by atoms with Crippen LogP contribution in [0.4, 0.5) is 11.4 Å². The minimum Gasteiger partial charge on any atom is -0.397 e. The molecule has 0 amide bonds. The minimum atomic E-state index is 0.569. The second kappa shape index (κ2) is 4.74. The second-order valence-electron chi connectivity index (χ2n) is 4.76. The molecule has 0 bridgehead atoms. The number of benzene rings is 1. The zero-order valence-electron chi connectivity index (χ0n) is 10.2. The van der Waals surface area contributed by atoms with E-state index < -0.39 is 0 Å². The number of hydrogen-bond acceptors (Lipinski definition) is 3. The first kappa shape index (κ1) is 11.3. The van der Waals surface area contributed by atoms with Gasteiger partial charge in [0.05, 0.1) is 11.4 Å². The monoisotopic (exact) mass is 219 g/mol. The number of nitrogens with one attached hydrogen (secondary N) is 1. The van der Waals surface area contributed by atoms with E-state index in [0.29, 0.717) is 6.04 Å². The van der Waals surface area contributed by atoms with Crippen molar-refractivity contribution in [2.75, 3.05) is 31.2 Å². The number of para-hydroxylation sites is 1. The van der Waals surface area contributed by atoms with Crippen LogP contribution in [-0.2, 0) is 0 Å². The molecule has 0 aromatic heterocycles. The average molecular weight is 219 g/mol. The Hall–Kier alpha value is -1.22. The Morgan fingerprint density at radius 3 is 2.62 bits per heavy atom. The van der Waals surface area contributed by atoms with E-state index in [4.69, 9.17) is 5.73 Å². The molecular weight excluding hydrogens is 198 g/mol. The van der Waals surface area contributed by atoms with Gasteiger partial charge in [0, 0.05) is 6.04 Å². The van der Waals surface area contributed by atoms with Crippen LogP contribution in [0.25, 0.3) is 0 Å². The molecule has 88 valence electrons. The number of nitrogens with zero attached hydrogens (tertiary/aromatic N) is 1. The van der Waals surface area contributed by atoms with Gasteiger partial charge in [-0.1, -0.05) is 12.1 Å². The number of hydrogen-bond donors (Lipinski definition) is 2. The number of piperidine rings is 1. The van der Waals surface area contributed by atoms with Crippen molar-refractivity contribution in [1.29, 1.82) is 0 Å². The molecule has 16 heavy (non-hydrogen) atoms. The largest absolute Gasteiger partial charge is 0.397 e. The zero-order chi connectivity index (χ0) is 11.5. The van der Waals surface area contributed by atoms with Crippen molar-refractivity contribution in [1.82, 2.24) is 4.90 Å². The first-order valence-corrected chi connectivity index (χ1v) is 5.97. The topological polar surface area (TPSA) is 41.3 Å². The van der Waals surface area contributed by atoms with Gasteiger partial charge in [0.15, 0.2) is 0 Å². The SMILES string of the molecule is Cc1cccc(N)c1NC1CCN(C)CC1. The van der Waals surface area contributed by atoms with Crippen LogP contribution < -0.4 is 11.1 Å². The Bertz CT molecular complexity index is 334. The van der Waals surface area contributed by atoms with Crippen molar-refractivity contribution in [2.24, 2.45) is 0 Å². The molecule has 1 aromatic rings. The van der Waals surface area contributed by atoms with Gasteiger partial charge in [-0.2, -0.15) is 0 Å². The lowest BCUT2D eigenvalue weighted by Gasteiger charge is -2.31. The van der Waals surface area contributed by atoms with E-state index in [1.54, 1.807) is 0 Å². The van der Waals surface area contributed by atoms with Gasteiger partial charge in [-0.3, -0.25) is 0 Å². The first-order chi connectivity index (χ1) is 7.66. The molecule has 3 N–H and O–H groups in total. The summed E-state index contributed by atoms with van der Waals surface area (Å²) in [6, 6.07) is 6.64. The van der Waals surface area contributed by atoms with E-state index in [1.165, 1.54) is 31.5 Å². The smallest absolute Gasteiger partial charge is 0.0605 e. The van der Waals surface area contributed by atoms with Gasteiger partial charge in [-0.15, -0.1) is 0 Å². The number of anilines is 2. The highest BCUT2D eigenvalue weighted by atomic mass is 15.1. The molecule has 0 aliphatic carbocycles. The predicted octanol–water partition coefficient (Wildman–Crippen LogP) is 2.08. The third kappa shape index (κ3) is 2.47. The molecule has 3 nitrogen and oxygen atoms in total. The lowest BCUT2D eigenvalue weighted by molar-refractivity contribution is 0.264. The summed E-state index contributed by atoms with van der Waals surface area (Å²) in [5.41, 5.74) is 9.21. The zero-order valence-corrected chi connectivity index (χ0v) is 10.2. The Morgan fingerprint density at radius 2 is 2.00 bits per heavy atom. The molecule has 2 rings (SSSR count). The summed E-state index contributed by atoms with van der Waals surface area (Å²) < 4.78 is 0. The summed E-state index contributed by atoms with van der Waals surface area (Å²) in [4.78, 5) is 2.37. The van der Waals surface area contributed by atoms with E-state index in [-0.39, 0.29) is 0 Å². The van der Waals surface area contributed by atoms with Crippen LogP contribution in [0.15, 0.2) is 18.2 Å². The fourth-order valence-electron chi connectivity index (χ4n) is 2.24. The average Bonchev–Trinajstić information content (AvgIpc) is 2.26. The van der Waals surface area contributed by atoms with Crippen LogP contribution in [0.1, 0.15) is 18.4 Å². The van der Waals surface area contributed by atoms with Crippen molar-refractivity contribution in [3.63, 3.8) is 0 Å². The maximum atomic E-state index is 5.99. The summed E-state index contributed by atoms with van der Waals surface area (Å²) in [7, 11) is 2.18. The Labute approximate surface area is 97.6 Å². The van der Waals surface area contributed by atoms with E-state index in [0.717, 1.165) is 11.4 Å². The quantitative estimate of drug-likeness (QED) is 0.748. The molecule has 0 saturated carbocycles. The van der Waals surface area contributed by atoms with Crippen LogP contribution in [0.5, 0.6) is 0 Å². The molecule has 0 unspecified atom stereocenters. The number of rotatable bonds is 2. The standard InChI is InChI=1S/C13H21N3/c1-10-4-3-5-12(14)13(10)15-11-6-8-16(2)9-7-11/h3-5,11,15H,6-9,14H2,1-2H3. The van der Waals surface area contributed by atoms with Gasteiger partial charge in [-0.05, 0) is 51.5 Å². The van der Waals surface area contributed by atoms with E-state index >= 15 is 0 Å². The highest BCUT2D eigenvalue weighted by molar-refractivity contribution is 5.70. The van der Waals surface area contributed by atoms with Gasteiger partial charge < -0.3 is 16.0 Å². The summed E-state index contributed by atoms with van der Waals surface area (Å²) in [5, 5.41) is 3.59. The Morgan fingerprint density at radius 1 is 1.31 bits per heavy atom. The molecule has 1 aromatic carbocycles. The second-order valence-corrected chi connectivity index (χ2v) is 4.76. The van der Waals surface area contributed by atoms with Crippen molar-refractivity contribution in [3.05, 3.63) is 23.8 Å². The summed E-state index contributed by atoms with van der Waals surface area (Å²) >= 11 is 0. The molecule has 1 heterocycles. The summed E-state index contributed by atoms with van der Waals surface area (Å²) in [6.45, 7) is 4.44. The molecule has 0 atom stereocenters. The maximum Gasteiger partial charge on any atom is 0.0605 e. The number of nitrogen functional groups attached to an aromatic ring is 1. The van der Waals surface area contributed by atoms with Crippen LogP contribution >= 0.6 is 0 Å². The van der Waals surface area contributed by atoms with Crippen molar-refractivity contribution >= 4 is 11.4 Å². The van der Waals surface area contributed by atoms with Gasteiger partial charge in [-0.25, -0.2) is 0 Å². The molecule has 3 heteroatoms. The molecular formula is C13H21N3. The highest BCUT2D eigenvalue weighted by Crippen LogP contribution is 2.25. The van der Waals surface area contributed by atoms with Gasteiger partial charge in [0.25, 0.3) is 0 Å². The van der Waals surface area contributed by atoms with E-state index in [2.05, 4.69) is 30.3 Å². The molecule has 0 spiro atoms. The van der Waals surface area contributed by atoms with Gasteiger partial charge in [0.1, 0.15) is 0 Å². The molecule has 1 aliphatic rings. The number of likely N-dealkylation sites (tertiary alicyclic amines) is 1. The molecule has 1 saturated heterocycles. The van der Waals surface area contributed by atoms with Gasteiger partial charge in [0.2, 0.25) is 0 Å². The molecule has 0 radical (unpaired) electrons. The van der Waals surface area contributed by atoms with Crippen molar-refractivity contribution in [2.45, 2.75) is 25.8 Å². The van der Waals surface area contributed by atoms with E-state index in [9.17, 15) is 0 Å². The van der Waals surface area contributed by atoms with E-state index in [1.807, 2.05) is 12.1 Å². The number of aryl methyl sites for hydroxylation is 1. The lowest BCUT2D eigenvalue weighted by Crippen LogP contribution is -2.37.